The molecule has 1 radical (unpaired) electrons. The van der Waals surface area contributed by atoms with Crippen molar-refractivity contribution in [1.29, 1.82) is 0 Å². The maximum atomic E-state index is 11.2. The summed E-state index contributed by atoms with van der Waals surface area (Å²) in [5.41, 5.74) is 1.02. The van der Waals surface area contributed by atoms with Crippen LogP contribution in [0.5, 0.6) is 0 Å². The highest BCUT2D eigenvalue weighted by molar-refractivity contribution is 5.79. The third kappa shape index (κ3) is 4.91. The predicted molar refractivity (Wildman–Crippen MR) is 31.3 cm³/mol. The lowest BCUT2D eigenvalue weighted by Gasteiger charge is -2.10. The SMILES string of the molecule is [CH2]CC(O)C(=O)NOC(F)(F)F. The lowest BCUT2D eigenvalue weighted by Crippen LogP contribution is -2.37. The molecular weight excluding hydrogens is 179 g/mol. The summed E-state index contributed by atoms with van der Waals surface area (Å²) < 4.78 is 33.7. The first-order chi connectivity index (χ1) is 5.37. The number of aliphatic hydroxyl groups is 1. The number of carbonyl (C=O) groups is 1. The molecule has 71 valence electrons. The van der Waals surface area contributed by atoms with Crippen LogP contribution in [0.25, 0.3) is 0 Å². The van der Waals surface area contributed by atoms with Gasteiger partial charge in [0.15, 0.2) is 0 Å². The zero-order chi connectivity index (χ0) is 9.78. The Morgan fingerprint density at radius 3 is 2.50 bits per heavy atom. The first kappa shape index (κ1) is 11.2. The number of alkyl halides is 3. The Bertz CT molecular complexity index is 159. The average molecular weight is 186 g/mol. The van der Waals surface area contributed by atoms with Gasteiger partial charge in [-0.25, -0.2) is 5.48 Å². The minimum atomic E-state index is -4.95. The average Bonchev–Trinajstić information content (AvgIpc) is 1.97. The third-order valence-corrected chi connectivity index (χ3v) is 0.843. The molecule has 1 amide bonds. The molecule has 0 saturated carbocycles. The van der Waals surface area contributed by atoms with E-state index in [0.29, 0.717) is 0 Å². The van der Waals surface area contributed by atoms with Crippen molar-refractivity contribution in [3.63, 3.8) is 0 Å². The molecule has 1 unspecified atom stereocenters. The molecule has 0 fully saturated rings. The van der Waals surface area contributed by atoms with Crippen LogP contribution >= 0.6 is 0 Å². The lowest BCUT2D eigenvalue weighted by molar-refractivity contribution is -0.346. The van der Waals surface area contributed by atoms with Crippen molar-refractivity contribution in [1.82, 2.24) is 5.48 Å². The monoisotopic (exact) mass is 186 g/mol. The molecule has 0 saturated heterocycles. The van der Waals surface area contributed by atoms with E-state index in [1.165, 1.54) is 0 Å². The Morgan fingerprint density at radius 2 is 2.17 bits per heavy atom. The van der Waals surface area contributed by atoms with Gasteiger partial charge in [0, 0.05) is 0 Å². The maximum Gasteiger partial charge on any atom is 0.543 e. The fraction of sp³-hybridized carbons (Fsp3) is 0.600. The Hall–Kier alpha value is -0.820. The van der Waals surface area contributed by atoms with Gasteiger partial charge >= 0.3 is 6.36 Å². The second kappa shape index (κ2) is 4.27. The van der Waals surface area contributed by atoms with Crippen molar-refractivity contribution in [3.05, 3.63) is 6.92 Å². The van der Waals surface area contributed by atoms with E-state index in [2.05, 4.69) is 11.8 Å². The maximum absolute atomic E-state index is 11.2. The van der Waals surface area contributed by atoms with Crippen molar-refractivity contribution in [2.24, 2.45) is 0 Å². The van der Waals surface area contributed by atoms with Crippen LogP contribution in [-0.4, -0.2) is 23.5 Å². The molecule has 0 aliphatic rings. The predicted octanol–water partition coefficient (Wildman–Crippen LogP) is 0.139. The summed E-state index contributed by atoms with van der Waals surface area (Å²) in [5, 5.41) is 8.60. The second-order valence-corrected chi connectivity index (χ2v) is 1.82. The fourth-order valence-electron chi connectivity index (χ4n) is 0.307. The summed E-state index contributed by atoms with van der Waals surface area (Å²) in [7, 11) is 0. The molecule has 0 aromatic rings. The van der Waals surface area contributed by atoms with Gasteiger partial charge in [-0.1, -0.05) is 6.92 Å². The van der Waals surface area contributed by atoms with Gasteiger partial charge in [-0.2, -0.15) is 4.84 Å². The number of aliphatic hydroxyl groups excluding tert-OH is 1. The second-order valence-electron chi connectivity index (χ2n) is 1.82. The minimum Gasteiger partial charge on any atom is -0.383 e. The van der Waals surface area contributed by atoms with Crippen molar-refractivity contribution in [2.75, 3.05) is 0 Å². The molecule has 12 heavy (non-hydrogen) atoms. The Balaban J connectivity index is 3.72. The molecule has 0 heterocycles. The lowest BCUT2D eigenvalue weighted by atomic mass is 10.3. The Kier molecular flexibility index (Phi) is 3.98. The van der Waals surface area contributed by atoms with Crippen LogP contribution in [0.15, 0.2) is 0 Å². The molecule has 0 spiro atoms. The summed E-state index contributed by atoms with van der Waals surface area (Å²) in [4.78, 5) is 13.3. The van der Waals surface area contributed by atoms with Gasteiger partial charge in [0.25, 0.3) is 5.91 Å². The van der Waals surface area contributed by atoms with Crippen molar-refractivity contribution in [2.45, 2.75) is 18.9 Å². The standard InChI is InChI=1S/C5H7F3NO3/c1-2-3(10)4(11)9-12-5(6,7)8/h3,10H,1-2H2,(H,9,11). The van der Waals surface area contributed by atoms with E-state index in [4.69, 9.17) is 5.11 Å². The zero-order valence-corrected chi connectivity index (χ0v) is 5.89. The molecular formula is C5H7F3NO3. The van der Waals surface area contributed by atoms with Crippen molar-refractivity contribution in [3.8, 4) is 0 Å². The van der Waals surface area contributed by atoms with Crippen LogP contribution < -0.4 is 5.48 Å². The summed E-state index contributed by atoms with van der Waals surface area (Å²) in [5.74, 6) is -1.28. The van der Waals surface area contributed by atoms with Gasteiger partial charge in [0.05, 0.1) is 0 Å². The number of amides is 1. The molecule has 0 aliphatic carbocycles. The van der Waals surface area contributed by atoms with Crippen molar-refractivity contribution >= 4 is 5.91 Å². The Labute approximate surface area is 66.3 Å². The van der Waals surface area contributed by atoms with E-state index in [9.17, 15) is 18.0 Å². The number of hydrogen-bond donors (Lipinski definition) is 2. The summed E-state index contributed by atoms with van der Waals surface area (Å²) in [6.45, 7) is 3.10. The highest BCUT2D eigenvalue weighted by Crippen LogP contribution is 2.13. The first-order valence-corrected chi connectivity index (χ1v) is 2.88. The number of halogens is 3. The van der Waals surface area contributed by atoms with Crippen molar-refractivity contribution < 1.29 is 27.9 Å². The Morgan fingerprint density at radius 1 is 1.67 bits per heavy atom. The largest absolute Gasteiger partial charge is 0.543 e. The first-order valence-electron chi connectivity index (χ1n) is 2.88. The molecule has 0 bridgehead atoms. The molecule has 0 rings (SSSR count). The fourth-order valence-corrected chi connectivity index (χ4v) is 0.307. The van der Waals surface area contributed by atoms with Gasteiger partial charge in [0.2, 0.25) is 0 Å². The normalized spacial score (nSPS) is 14.1. The molecule has 0 aliphatic heterocycles. The third-order valence-electron chi connectivity index (χ3n) is 0.843. The van der Waals surface area contributed by atoms with E-state index >= 15 is 0 Å². The highest BCUT2D eigenvalue weighted by Gasteiger charge is 2.31. The summed E-state index contributed by atoms with van der Waals surface area (Å²) in [6, 6.07) is 0. The van der Waals surface area contributed by atoms with Crippen LogP contribution in [0.4, 0.5) is 13.2 Å². The number of carbonyl (C=O) groups excluding carboxylic acids is 1. The van der Waals surface area contributed by atoms with Crippen LogP contribution in [0.2, 0.25) is 0 Å². The van der Waals surface area contributed by atoms with E-state index in [1.54, 1.807) is 0 Å². The van der Waals surface area contributed by atoms with Gasteiger partial charge in [-0.15, -0.1) is 13.2 Å². The van der Waals surface area contributed by atoms with Crippen LogP contribution in [0.3, 0.4) is 0 Å². The topological polar surface area (TPSA) is 58.6 Å². The van der Waals surface area contributed by atoms with Crippen LogP contribution in [-0.2, 0) is 9.63 Å². The molecule has 1 atom stereocenters. The summed E-state index contributed by atoms with van der Waals surface area (Å²) >= 11 is 0. The molecule has 4 nitrogen and oxygen atoms in total. The van der Waals surface area contributed by atoms with E-state index < -0.39 is 18.4 Å². The quantitative estimate of drug-likeness (QED) is 0.616. The summed E-state index contributed by atoms with van der Waals surface area (Å²) in [6.07, 6.45) is -6.77. The minimum absolute atomic E-state index is 0.229. The van der Waals surface area contributed by atoms with E-state index in [-0.39, 0.29) is 6.42 Å². The van der Waals surface area contributed by atoms with Gasteiger partial charge in [-0.05, 0) is 6.42 Å². The van der Waals surface area contributed by atoms with E-state index in [1.807, 2.05) is 0 Å². The number of hydrogen-bond acceptors (Lipinski definition) is 3. The number of rotatable bonds is 3. The number of hydroxylamine groups is 1. The van der Waals surface area contributed by atoms with Gasteiger partial charge in [-0.3, -0.25) is 4.79 Å². The van der Waals surface area contributed by atoms with Crippen LogP contribution in [0, 0.1) is 6.92 Å². The highest BCUT2D eigenvalue weighted by atomic mass is 19.4. The van der Waals surface area contributed by atoms with Gasteiger partial charge in [0.1, 0.15) is 6.10 Å². The zero-order valence-electron chi connectivity index (χ0n) is 5.89. The molecule has 7 heteroatoms. The molecule has 0 aromatic heterocycles. The smallest absolute Gasteiger partial charge is 0.383 e. The van der Waals surface area contributed by atoms with Crippen LogP contribution in [0.1, 0.15) is 6.42 Å². The molecule has 2 N–H and O–H groups in total. The molecule has 0 aromatic carbocycles. The van der Waals surface area contributed by atoms with E-state index in [0.717, 1.165) is 5.48 Å². The van der Waals surface area contributed by atoms with Gasteiger partial charge < -0.3 is 5.11 Å². The number of nitrogens with one attached hydrogen (secondary N) is 1.